The highest BCUT2D eigenvalue weighted by molar-refractivity contribution is 5.80. The summed E-state index contributed by atoms with van der Waals surface area (Å²) in [7, 11) is 0. The zero-order valence-electron chi connectivity index (χ0n) is 15.7. The fourth-order valence-corrected chi connectivity index (χ4v) is 4.09. The number of benzene rings is 1. The van der Waals surface area contributed by atoms with Gasteiger partial charge >= 0.3 is 0 Å². The predicted molar refractivity (Wildman–Crippen MR) is 105 cm³/mol. The van der Waals surface area contributed by atoms with Crippen LogP contribution in [0, 0.1) is 11.7 Å². The summed E-state index contributed by atoms with van der Waals surface area (Å²) in [5.74, 6) is -0.166. The van der Waals surface area contributed by atoms with Gasteiger partial charge in [-0.3, -0.25) is 9.59 Å². The minimum atomic E-state index is -0.241. The Balaban J connectivity index is 1.37. The maximum absolute atomic E-state index is 14.0. The van der Waals surface area contributed by atoms with Crippen molar-refractivity contribution in [1.82, 2.24) is 15.1 Å². The van der Waals surface area contributed by atoms with Crippen molar-refractivity contribution >= 4 is 17.3 Å². The summed E-state index contributed by atoms with van der Waals surface area (Å²) in [6, 6.07) is 8.28. The molecule has 8 heteroatoms. The highest BCUT2D eigenvalue weighted by Gasteiger charge is 2.31. The van der Waals surface area contributed by atoms with E-state index in [1.165, 1.54) is 12.1 Å². The molecule has 1 unspecified atom stereocenters. The molecule has 1 aromatic heterocycles. The second-order valence-corrected chi connectivity index (χ2v) is 7.35. The molecule has 0 spiro atoms. The van der Waals surface area contributed by atoms with Gasteiger partial charge in [-0.15, -0.1) is 0 Å². The van der Waals surface area contributed by atoms with Gasteiger partial charge in [0.15, 0.2) is 0 Å². The Morgan fingerprint density at radius 3 is 2.64 bits per heavy atom. The maximum atomic E-state index is 14.0. The minimum absolute atomic E-state index is 0.0898. The van der Waals surface area contributed by atoms with Crippen molar-refractivity contribution in [1.29, 1.82) is 0 Å². The van der Waals surface area contributed by atoms with E-state index in [9.17, 15) is 14.0 Å². The summed E-state index contributed by atoms with van der Waals surface area (Å²) >= 11 is 0. The first kappa shape index (κ1) is 18.5. The highest BCUT2D eigenvalue weighted by Crippen LogP contribution is 2.25. The molecule has 4 rings (SSSR count). The zero-order chi connectivity index (χ0) is 19.5. The smallest absolute Gasteiger partial charge is 0.266 e. The number of nitrogens with zero attached hydrogens (tertiary/aromatic N) is 4. The van der Waals surface area contributed by atoms with E-state index in [0.717, 1.165) is 25.1 Å². The molecule has 3 heterocycles. The van der Waals surface area contributed by atoms with Crippen LogP contribution in [0.4, 0.5) is 15.8 Å². The first-order chi connectivity index (χ1) is 13.6. The minimum Gasteiger partial charge on any atom is -0.369 e. The van der Waals surface area contributed by atoms with E-state index < -0.39 is 0 Å². The third kappa shape index (κ3) is 3.85. The van der Waals surface area contributed by atoms with Crippen molar-refractivity contribution in [3.8, 4) is 0 Å². The molecule has 28 heavy (non-hydrogen) atoms. The van der Waals surface area contributed by atoms with E-state index in [2.05, 4.69) is 15.1 Å². The molecule has 2 fully saturated rings. The Morgan fingerprint density at radius 1 is 1.11 bits per heavy atom. The molecule has 0 bridgehead atoms. The van der Waals surface area contributed by atoms with Crippen LogP contribution in [0.5, 0.6) is 0 Å². The fraction of sp³-hybridized carbons (Fsp3) is 0.450. The van der Waals surface area contributed by atoms with Gasteiger partial charge in [-0.2, -0.15) is 5.10 Å². The van der Waals surface area contributed by atoms with Crippen LogP contribution < -0.4 is 15.4 Å². The number of piperazine rings is 1. The molecule has 148 valence electrons. The normalized spacial score (nSPS) is 20.3. The van der Waals surface area contributed by atoms with E-state index in [-0.39, 0.29) is 23.2 Å². The summed E-state index contributed by atoms with van der Waals surface area (Å²) < 4.78 is 14.0. The maximum Gasteiger partial charge on any atom is 0.266 e. The lowest BCUT2D eigenvalue weighted by Crippen LogP contribution is -2.52. The number of halogens is 1. The molecule has 1 aromatic carbocycles. The number of aromatic nitrogens is 2. The van der Waals surface area contributed by atoms with Crippen molar-refractivity contribution in [3.63, 3.8) is 0 Å². The van der Waals surface area contributed by atoms with Crippen molar-refractivity contribution in [3.05, 3.63) is 52.7 Å². The second-order valence-electron chi connectivity index (χ2n) is 7.35. The molecule has 0 radical (unpaired) electrons. The van der Waals surface area contributed by atoms with E-state index >= 15 is 0 Å². The first-order valence-corrected chi connectivity index (χ1v) is 9.70. The van der Waals surface area contributed by atoms with Crippen LogP contribution in [-0.4, -0.2) is 60.3 Å². The molecule has 0 saturated carbocycles. The van der Waals surface area contributed by atoms with Crippen molar-refractivity contribution < 1.29 is 9.18 Å². The van der Waals surface area contributed by atoms with Crippen molar-refractivity contribution in [2.75, 3.05) is 49.1 Å². The van der Waals surface area contributed by atoms with Gasteiger partial charge in [-0.25, -0.2) is 9.49 Å². The number of aromatic amines is 1. The standard InChI is InChI=1S/C20H24FN5O2/c21-17-5-1-2-6-18(17)24-8-10-25(11-9-24)20(28)15-4-3-7-26(14-15)16-12-19(27)23-22-13-16/h1-2,5-6,12-13,15H,3-4,7-11,14H2,(H,23,27). The number of carbonyl (C=O) groups is 1. The SMILES string of the molecule is O=C(C1CCCN(c2cn[nH]c(=O)c2)C1)N1CCN(c2ccccc2F)CC1. The van der Waals surface area contributed by atoms with Gasteiger partial charge in [0.05, 0.1) is 23.5 Å². The third-order valence-electron chi connectivity index (χ3n) is 5.57. The number of hydrogen-bond donors (Lipinski definition) is 1. The summed E-state index contributed by atoms with van der Waals surface area (Å²) in [4.78, 5) is 30.5. The van der Waals surface area contributed by atoms with E-state index in [0.29, 0.717) is 38.4 Å². The van der Waals surface area contributed by atoms with Crippen LogP contribution in [0.3, 0.4) is 0 Å². The summed E-state index contributed by atoms with van der Waals surface area (Å²) in [5, 5.41) is 6.23. The van der Waals surface area contributed by atoms with Crippen LogP contribution in [-0.2, 0) is 4.79 Å². The molecule has 7 nitrogen and oxygen atoms in total. The Labute approximate surface area is 162 Å². The lowest BCUT2D eigenvalue weighted by atomic mass is 9.96. The Bertz CT molecular complexity index is 894. The second kappa shape index (κ2) is 8.00. The van der Waals surface area contributed by atoms with Crippen molar-refractivity contribution in [2.45, 2.75) is 12.8 Å². The molecule has 2 aliphatic heterocycles. The number of carbonyl (C=O) groups excluding carboxylic acids is 1. The average molecular weight is 385 g/mol. The topological polar surface area (TPSA) is 72.5 Å². The molecular formula is C20H24FN5O2. The average Bonchev–Trinajstić information content (AvgIpc) is 2.74. The van der Waals surface area contributed by atoms with Crippen LogP contribution in [0.15, 0.2) is 41.3 Å². The summed E-state index contributed by atoms with van der Waals surface area (Å²) in [6.45, 7) is 3.85. The number of piperidine rings is 1. The Hall–Kier alpha value is -2.90. The Kier molecular flexibility index (Phi) is 5.27. The fourth-order valence-electron chi connectivity index (χ4n) is 4.09. The van der Waals surface area contributed by atoms with Gasteiger partial charge in [0.25, 0.3) is 5.56 Å². The van der Waals surface area contributed by atoms with Crippen LogP contribution in [0.1, 0.15) is 12.8 Å². The first-order valence-electron chi connectivity index (χ1n) is 9.70. The van der Waals surface area contributed by atoms with Gasteiger partial charge in [0.1, 0.15) is 5.82 Å². The van der Waals surface area contributed by atoms with E-state index in [4.69, 9.17) is 0 Å². The van der Waals surface area contributed by atoms with E-state index in [1.54, 1.807) is 18.3 Å². The van der Waals surface area contributed by atoms with Gasteiger partial charge in [0.2, 0.25) is 5.91 Å². The molecule has 1 amide bonds. The van der Waals surface area contributed by atoms with E-state index in [1.807, 2.05) is 15.9 Å². The zero-order valence-corrected chi connectivity index (χ0v) is 15.7. The number of rotatable bonds is 3. The number of anilines is 2. The lowest BCUT2D eigenvalue weighted by Gasteiger charge is -2.40. The third-order valence-corrected chi connectivity index (χ3v) is 5.57. The summed E-state index contributed by atoms with van der Waals surface area (Å²) in [6.07, 6.45) is 3.37. The molecule has 2 aliphatic rings. The van der Waals surface area contributed by atoms with Gasteiger partial charge in [-0.1, -0.05) is 12.1 Å². The number of H-pyrrole nitrogens is 1. The largest absolute Gasteiger partial charge is 0.369 e. The molecule has 2 saturated heterocycles. The monoisotopic (exact) mass is 385 g/mol. The molecular weight excluding hydrogens is 361 g/mol. The summed E-state index contributed by atoms with van der Waals surface area (Å²) in [5.41, 5.74) is 1.11. The van der Waals surface area contributed by atoms with Crippen LogP contribution in [0.25, 0.3) is 0 Å². The van der Waals surface area contributed by atoms with Gasteiger partial charge in [0, 0.05) is 45.3 Å². The number of para-hydroxylation sites is 1. The number of hydrogen-bond acceptors (Lipinski definition) is 5. The lowest BCUT2D eigenvalue weighted by molar-refractivity contribution is -0.136. The molecule has 0 aliphatic carbocycles. The van der Waals surface area contributed by atoms with Crippen molar-refractivity contribution in [2.24, 2.45) is 5.92 Å². The quantitative estimate of drug-likeness (QED) is 0.866. The molecule has 1 atom stereocenters. The Morgan fingerprint density at radius 2 is 1.89 bits per heavy atom. The van der Waals surface area contributed by atoms with Gasteiger partial charge < -0.3 is 14.7 Å². The number of amides is 1. The van der Waals surface area contributed by atoms with Gasteiger partial charge in [-0.05, 0) is 25.0 Å². The van der Waals surface area contributed by atoms with Crippen LogP contribution in [0.2, 0.25) is 0 Å². The highest BCUT2D eigenvalue weighted by atomic mass is 19.1. The molecule has 1 N–H and O–H groups in total. The van der Waals surface area contributed by atoms with Crippen LogP contribution >= 0.6 is 0 Å². The number of nitrogens with one attached hydrogen (secondary N) is 1. The predicted octanol–water partition coefficient (Wildman–Crippen LogP) is 1.47. The molecule has 2 aromatic rings.